The predicted molar refractivity (Wildman–Crippen MR) is 80.2 cm³/mol. The molecule has 0 aliphatic carbocycles. The van der Waals surface area contributed by atoms with Gasteiger partial charge in [-0.25, -0.2) is 0 Å². The van der Waals surface area contributed by atoms with E-state index < -0.39 is 0 Å². The highest BCUT2D eigenvalue weighted by Crippen LogP contribution is 2.12. The third-order valence-corrected chi connectivity index (χ3v) is 3.12. The van der Waals surface area contributed by atoms with Crippen LogP contribution in [0.3, 0.4) is 0 Å². The van der Waals surface area contributed by atoms with Gasteiger partial charge in [0.15, 0.2) is 11.6 Å². The lowest BCUT2D eigenvalue weighted by Gasteiger charge is -2.08. The number of carbonyl (C=O) groups is 3. The van der Waals surface area contributed by atoms with Gasteiger partial charge in [0.25, 0.3) is 0 Å². The van der Waals surface area contributed by atoms with Crippen molar-refractivity contribution in [3.63, 3.8) is 0 Å². The number of allylic oxidation sites excluding steroid dienone is 2. The van der Waals surface area contributed by atoms with Crippen molar-refractivity contribution in [2.24, 2.45) is 11.8 Å². The molecule has 1 unspecified atom stereocenters. The minimum Gasteiger partial charge on any atom is -0.345 e. The van der Waals surface area contributed by atoms with Gasteiger partial charge in [0.1, 0.15) is 0 Å². The number of hydrogen-bond donors (Lipinski definition) is 1. The van der Waals surface area contributed by atoms with E-state index in [1.54, 1.807) is 13.8 Å². The van der Waals surface area contributed by atoms with Gasteiger partial charge in [0.2, 0.25) is 5.91 Å². The predicted octanol–water partition coefficient (Wildman–Crippen LogP) is 2.45. The lowest BCUT2D eigenvalue weighted by Crippen LogP contribution is -2.30. The minimum absolute atomic E-state index is 0.00889. The molecule has 0 bridgehead atoms. The topological polar surface area (TPSA) is 63.2 Å². The second-order valence-electron chi connectivity index (χ2n) is 5.38. The summed E-state index contributed by atoms with van der Waals surface area (Å²) in [4.78, 5) is 34.3. The molecule has 0 radical (unpaired) electrons. The van der Waals surface area contributed by atoms with E-state index >= 15 is 0 Å². The average Bonchev–Trinajstić information content (AvgIpc) is 2.40. The molecule has 4 heteroatoms. The van der Waals surface area contributed by atoms with Gasteiger partial charge >= 0.3 is 0 Å². The van der Waals surface area contributed by atoms with Crippen molar-refractivity contribution in [2.75, 3.05) is 6.54 Å². The highest BCUT2D eigenvalue weighted by molar-refractivity contribution is 5.92. The number of carbonyl (C=O) groups excluding carboxylic acids is 3. The van der Waals surface area contributed by atoms with Crippen molar-refractivity contribution < 1.29 is 14.4 Å². The molecular weight excluding hydrogens is 254 g/mol. The SMILES string of the molecule is C=CC(=O)C(C)CC/C(C)=C/C(=O)NCC(=O)C(C)C. The molecule has 0 spiro atoms. The molecule has 0 aromatic rings. The lowest BCUT2D eigenvalue weighted by molar-refractivity contribution is -0.124. The first-order valence-corrected chi connectivity index (χ1v) is 6.91. The van der Waals surface area contributed by atoms with Crippen LogP contribution in [0.15, 0.2) is 24.3 Å². The van der Waals surface area contributed by atoms with E-state index in [-0.39, 0.29) is 35.9 Å². The van der Waals surface area contributed by atoms with Crippen molar-refractivity contribution in [3.05, 3.63) is 24.3 Å². The standard InChI is InChI=1S/C16H25NO3/c1-6-14(18)13(5)8-7-12(4)9-16(20)17-10-15(19)11(2)3/h6,9,11,13H,1,7-8,10H2,2-5H3,(H,17,20)/b12-9+. The maximum Gasteiger partial charge on any atom is 0.244 e. The summed E-state index contributed by atoms with van der Waals surface area (Å²) in [6, 6.07) is 0. The first-order chi connectivity index (χ1) is 9.27. The molecule has 0 saturated carbocycles. The number of hydrogen-bond acceptors (Lipinski definition) is 3. The summed E-state index contributed by atoms with van der Waals surface area (Å²) in [5.74, 6) is -0.397. The maximum atomic E-state index is 11.6. The number of ketones is 2. The Hall–Kier alpha value is -1.71. The largest absolute Gasteiger partial charge is 0.345 e. The van der Waals surface area contributed by atoms with E-state index in [4.69, 9.17) is 0 Å². The first kappa shape index (κ1) is 18.3. The van der Waals surface area contributed by atoms with E-state index in [1.165, 1.54) is 12.2 Å². The molecule has 0 heterocycles. The van der Waals surface area contributed by atoms with Crippen molar-refractivity contribution in [1.29, 1.82) is 0 Å². The fraction of sp³-hybridized carbons (Fsp3) is 0.562. The molecule has 112 valence electrons. The highest BCUT2D eigenvalue weighted by atomic mass is 16.2. The number of rotatable bonds is 9. The first-order valence-electron chi connectivity index (χ1n) is 6.91. The van der Waals surface area contributed by atoms with E-state index in [1.807, 2.05) is 13.8 Å². The molecule has 1 N–H and O–H groups in total. The summed E-state index contributed by atoms with van der Waals surface area (Å²) in [6.07, 6.45) is 4.17. The van der Waals surface area contributed by atoms with Gasteiger partial charge in [-0.3, -0.25) is 14.4 Å². The third-order valence-electron chi connectivity index (χ3n) is 3.12. The van der Waals surface area contributed by atoms with Crippen LogP contribution in [0.5, 0.6) is 0 Å². The summed E-state index contributed by atoms with van der Waals surface area (Å²) in [5, 5.41) is 2.57. The van der Waals surface area contributed by atoms with E-state index in [2.05, 4.69) is 11.9 Å². The number of Topliss-reactive ketones (excluding diaryl/α,β-unsaturated/α-hetero) is 1. The van der Waals surface area contributed by atoms with E-state index in [0.717, 1.165) is 5.57 Å². The van der Waals surface area contributed by atoms with E-state index in [9.17, 15) is 14.4 Å². The summed E-state index contributed by atoms with van der Waals surface area (Å²) in [5.41, 5.74) is 0.892. The Kier molecular flexibility index (Phi) is 8.45. The number of amides is 1. The van der Waals surface area contributed by atoms with Crippen LogP contribution in [0.1, 0.15) is 40.5 Å². The fourth-order valence-corrected chi connectivity index (χ4v) is 1.51. The minimum atomic E-state index is -0.265. The van der Waals surface area contributed by atoms with Crippen LogP contribution in [0.4, 0.5) is 0 Å². The normalized spacial score (nSPS) is 12.9. The quantitative estimate of drug-likeness (QED) is 0.659. The zero-order chi connectivity index (χ0) is 15.7. The molecule has 0 aliphatic heterocycles. The van der Waals surface area contributed by atoms with Crippen LogP contribution in [0.2, 0.25) is 0 Å². The molecule has 0 saturated heterocycles. The van der Waals surface area contributed by atoms with Crippen molar-refractivity contribution in [2.45, 2.75) is 40.5 Å². The zero-order valence-corrected chi connectivity index (χ0v) is 12.9. The Morgan fingerprint density at radius 1 is 1.20 bits per heavy atom. The van der Waals surface area contributed by atoms with Gasteiger partial charge < -0.3 is 5.32 Å². The molecule has 0 rings (SSSR count). The zero-order valence-electron chi connectivity index (χ0n) is 12.9. The molecule has 0 aromatic heterocycles. The van der Waals surface area contributed by atoms with Gasteiger partial charge in [-0.2, -0.15) is 0 Å². The second kappa shape index (κ2) is 9.23. The van der Waals surface area contributed by atoms with Gasteiger partial charge in [-0.05, 0) is 25.8 Å². The summed E-state index contributed by atoms with van der Waals surface area (Å²) in [7, 11) is 0. The molecule has 0 aromatic carbocycles. The summed E-state index contributed by atoms with van der Waals surface area (Å²) >= 11 is 0. The molecule has 1 atom stereocenters. The molecule has 4 nitrogen and oxygen atoms in total. The van der Waals surface area contributed by atoms with Crippen LogP contribution >= 0.6 is 0 Å². The summed E-state index contributed by atoms with van der Waals surface area (Å²) < 4.78 is 0. The van der Waals surface area contributed by atoms with Crippen LogP contribution in [0.25, 0.3) is 0 Å². The van der Waals surface area contributed by atoms with Crippen LogP contribution < -0.4 is 5.32 Å². The Bertz CT molecular complexity index is 408. The fourth-order valence-electron chi connectivity index (χ4n) is 1.51. The maximum absolute atomic E-state index is 11.6. The van der Waals surface area contributed by atoms with Crippen LogP contribution in [-0.2, 0) is 14.4 Å². The van der Waals surface area contributed by atoms with Crippen molar-refractivity contribution >= 4 is 17.5 Å². The molecule has 0 fully saturated rings. The summed E-state index contributed by atoms with van der Waals surface area (Å²) in [6.45, 7) is 10.8. The van der Waals surface area contributed by atoms with Crippen molar-refractivity contribution in [3.8, 4) is 0 Å². The molecule has 0 aliphatic rings. The molecule has 1 amide bonds. The highest BCUT2D eigenvalue weighted by Gasteiger charge is 2.10. The smallest absolute Gasteiger partial charge is 0.244 e. The van der Waals surface area contributed by atoms with Gasteiger partial charge in [-0.15, -0.1) is 0 Å². The average molecular weight is 279 g/mol. The van der Waals surface area contributed by atoms with Gasteiger partial charge in [0, 0.05) is 17.9 Å². The number of nitrogens with one attached hydrogen (secondary N) is 1. The molecular formula is C16H25NO3. The van der Waals surface area contributed by atoms with Crippen LogP contribution in [-0.4, -0.2) is 24.0 Å². The lowest BCUT2D eigenvalue weighted by atomic mass is 9.97. The Morgan fingerprint density at radius 3 is 2.30 bits per heavy atom. The van der Waals surface area contributed by atoms with Gasteiger partial charge in [-0.1, -0.05) is 32.9 Å². The monoisotopic (exact) mass is 279 g/mol. The Balaban J connectivity index is 4.17. The van der Waals surface area contributed by atoms with E-state index in [0.29, 0.717) is 12.8 Å². The third kappa shape index (κ3) is 7.67. The Morgan fingerprint density at radius 2 is 1.80 bits per heavy atom. The Labute approximate surface area is 121 Å². The van der Waals surface area contributed by atoms with Gasteiger partial charge in [0.05, 0.1) is 6.54 Å². The van der Waals surface area contributed by atoms with Crippen molar-refractivity contribution in [1.82, 2.24) is 5.32 Å². The van der Waals surface area contributed by atoms with Crippen LogP contribution in [0, 0.1) is 11.8 Å². The molecule has 20 heavy (non-hydrogen) atoms. The second-order valence-corrected chi connectivity index (χ2v) is 5.38.